The minimum Gasteiger partial charge on any atom is -0.372 e. The lowest BCUT2D eigenvalue weighted by Gasteiger charge is -2.32. The highest BCUT2D eigenvalue weighted by atomic mass is 15.1. The summed E-state index contributed by atoms with van der Waals surface area (Å²) in [6.45, 7) is 4.80. The first-order valence-corrected chi connectivity index (χ1v) is 5.16. The van der Waals surface area contributed by atoms with Gasteiger partial charge >= 0.3 is 0 Å². The molecule has 1 aliphatic heterocycles. The van der Waals surface area contributed by atoms with Crippen LogP contribution in [-0.2, 0) is 0 Å². The van der Waals surface area contributed by atoms with E-state index in [0.29, 0.717) is 0 Å². The summed E-state index contributed by atoms with van der Waals surface area (Å²) in [6, 6.07) is 10.7. The van der Waals surface area contributed by atoms with Crippen LogP contribution in [0.4, 0.5) is 5.69 Å². The molecule has 1 heterocycles. The average Bonchev–Trinajstić information content (AvgIpc) is 2.20. The monoisotopic (exact) mass is 175 g/mol. The summed E-state index contributed by atoms with van der Waals surface area (Å²) in [4.78, 5) is 2.49. The largest absolute Gasteiger partial charge is 0.372 e. The van der Waals surface area contributed by atoms with Crippen molar-refractivity contribution >= 4 is 5.69 Å². The Morgan fingerprint density at radius 1 is 1.08 bits per heavy atom. The Morgan fingerprint density at radius 2 is 1.69 bits per heavy atom. The van der Waals surface area contributed by atoms with Gasteiger partial charge in [-0.3, -0.25) is 0 Å². The fourth-order valence-corrected chi connectivity index (χ4v) is 1.91. The van der Waals surface area contributed by atoms with Crippen LogP contribution in [0.5, 0.6) is 0 Å². The van der Waals surface area contributed by atoms with Crippen LogP contribution in [0.1, 0.15) is 19.8 Å². The maximum Gasteiger partial charge on any atom is 0.0366 e. The highest BCUT2D eigenvalue weighted by molar-refractivity contribution is 5.46. The lowest BCUT2D eigenvalue weighted by atomic mass is 9.99. The van der Waals surface area contributed by atoms with Crippen LogP contribution < -0.4 is 4.90 Å². The normalized spacial score (nSPS) is 19.0. The fraction of sp³-hybridized carbons (Fsp3) is 0.500. The Bertz CT molecular complexity index is 247. The van der Waals surface area contributed by atoms with Crippen LogP contribution in [0.15, 0.2) is 30.3 Å². The van der Waals surface area contributed by atoms with E-state index in [1.807, 2.05) is 0 Å². The molecular formula is C12H17N. The van der Waals surface area contributed by atoms with Gasteiger partial charge in [0, 0.05) is 18.8 Å². The van der Waals surface area contributed by atoms with E-state index in [4.69, 9.17) is 0 Å². The van der Waals surface area contributed by atoms with Crippen LogP contribution >= 0.6 is 0 Å². The Kier molecular flexibility index (Phi) is 2.53. The Morgan fingerprint density at radius 3 is 2.31 bits per heavy atom. The van der Waals surface area contributed by atoms with Gasteiger partial charge in [0.1, 0.15) is 0 Å². The molecule has 1 heteroatoms. The van der Waals surface area contributed by atoms with Gasteiger partial charge in [-0.25, -0.2) is 0 Å². The standard InChI is InChI=1S/C12H17N/c1-11-7-9-13(10-8-11)12-5-3-2-4-6-12/h2-6,11H,7-10H2,1H3. The molecule has 0 aliphatic carbocycles. The van der Waals surface area contributed by atoms with Gasteiger partial charge in [-0.2, -0.15) is 0 Å². The van der Waals surface area contributed by atoms with Crippen molar-refractivity contribution in [2.75, 3.05) is 18.0 Å². The SMILES string of the molecule is CC1CCN(c2ccccc2)CC1. The molecule has 70 valence electrons. The number of para-hydroxylation sites is 1. The molecule has 0 amide bonds. The van der Waals surface area contributed by atoms with Crippen LogP contribution in [0.2, 0.25) is 0 Å². The first-order chi connectivity index (χ1) is 6.36. The molecule has 0 radical (unpaired) electrons. The molecule has 2 rings (SSSR count). The van der Waals surface area contributed by atoms with Crippen molar-refractivity contribution in [3.05, 3.63) is 30.3 Å². The zero-order valence-electron chi connectivity index (χ0n) is 8.24. The van der Waals surface area contributed by atoms with Gasteiger partial charge in [0.25, 0.3) is 0 Å². The van der Waals surface area contributed by atoms with Gasteiger partial charge in [0.2, 0.25) is 0 Å². The van der Waals surface area contributed by atoms with E-state index in [9.17, 15) is 0 Å². The molecule has 0 N–H and O–H groups in total. The topological polar surface area (TPSA) is 3.24 Å². The number of piperidine rings is 1. The van der Waals surface area contributed by atoms with Gasteiger partial charge in [0.15, 0.2) is 0 Å². The number of anilines is 1. The molecule has 0 bridgehead atoms. The maximum absolute atomic E-state index is 2.49. The van der Waals surface area contributed by atoms with Gasteiger partial charge in [-0.1, -0.05) is 25.1 Å². The third-order valence-electron chi connectivity index (χ3n) is 2.90. The second-order valence-electron chi connectivity index (χ2n) is 4.01. The van der Waals surface area contributed by atoms with Crippen LogP contribution in [0.25, 0.3) is 0 Å². The number of benzene rings is 1. The molecule has 0 aromatic heterocycles. The van der Waals surface area contributed by atoms with E-state index >= 15 is 0 Å². The van der Waals surface area contributed by atoms with Crippen molar-refractivity contribution in [3.63, 3.8) is 0 Å². The summed E-state index contributed by atoms with van der Waals surface area (Å²) >= 11 is 0. The molecule has 0 saturated carbocycles. The van der Waals surface area contributed by atoms with Crippen molar-refractivity contribution in [2.24, 2.45) is 5.92 Å². The second-order valence-corrected chi connectivity index (χ2v) is 4.01. The van der Waals surface area contributed by atoms with Crippen molar-refractivity contribution < 1.29 is 0 Å². The van der Waals surface area contributed by atoms with E-state index in [-0.39, 0.29) is 0 Å². The summed E-state index contributed by atoms with van der Waals surface area (Å²) in [6.07, 6.45) is 2.68. The van der Waals surface area contributed by atoms with Crippen LogP contribution in [0, 0.1) is 5.92 Å². The van der Waals surface area contributed by atoms with E-state index < -0.39 is 0 Å². The predicted molar refractivity (Wildman–Crippen MR) is 57.1 cm³/mol. The number of hydrogen-bond acceptors (Lipinski definition) is 1. The van der Waals surface area contributed by atoms with Crippen molar-refractivity contribution in [1.29, 1.82) is 0 Å². The Balaban J connectivity index is 2.03. The molecule has 1 fully saturated rings. The molecule has 1 saturated heterocycles. The first kappa shape index (κ1) is 8.61. The Labute approximate surface area is 80.4 Å². The second kappa shape index (κ2) is 3.82. The average molecular weight is 175 g/mol. The zero-order chi connectivity index (χ0) is 9.10. The first-order valence-electron chi connectivity index (χ1n) is 5.16. The third kappa shape index (κ3) is 2.03. The smallest absolute Gasteiger partial charge is 0.0366 e. The highest BCUT2D eigenvalue weighted by Crippen LogP contribution is 2.21. The zero-order valence-corrected chi connectivity index (χ0v) is 8.24. The number of nitrogens with zero attached hydrogens (tertiary/aromatic N) is 1. The van der Waals surface area contributed by atoms with Crippen LogP contribution in [0.3, 0.4) is 0 Å². The van der Waals surface area contributed by atoms with Gasteiger partial charge in [-0.05, 0) is 30.9 Å². The molecule has 0 unspecified atom stereocenters. The molecule has 13 heavy (non-hydrogen) atoms. The number of hydrogen-bond donors (Lipinski definition) is 0. The highest BCUT2D eigenvalue weighted by Gasteiger charge is 2.15. The van der Waals surface area contributed by atoms with Crippen molar-refractivity contribution in [2.45, 2.75) is 19.8 Å². The number of rotatable bonds is 1. The molecule has 0 atom stereocenters. The van der Waals surface area contributed by atoms with E-state index in [2.05, 4.69) is 42.2 Å². The van der Waals surface area contributed by atoms with Gasteiger partial charge in [-0.15, -0.1) is 0 Å². The third-order valence-corrected chi connectivity index (χ3v) is 2.90. The van der Waals surface area contributed by atoms with Gasteiger partial charge < -0.3 is 4.90 Å². The Hall–Kier alpha value is -0.980. The molecular weight excluding hydrogens is 158 g/mol. The maximum atomic E-state index is 2.49. The van der Waals surface area contributed by atoms with Crippen molar-refractivity contribution in [1.82, 2.24) is 0 Å². The van der Waals surface area contributed by atoms with Crippen LogP contribution in [-0.4, -0.2) is 13.1 Å². The summed E-state index contributed by atoms with van der Waals surface area (Å²) in [5, 5.41) is 0. The summed E-state index contributed by atoms with van der Waals surface area (Å²) < 4.78 is 0. The minimum atomic E-state index is 0.917. The predicted octanol–water partition coefficient (Wildman–Crippen LogP) is 2.92. The molecule has 1 nitrogen and oxygen atoms in total. The summed E-state index contributed by atoms with van der Waals surface area (Å²) in [5.74, 6) is 0.917. The quantitative estimate of drug-likeness (QED) is 0.634. The fourth-order valence-electron chi connectivity index (χ4n) is 1.91. The molecule has 1 aromatic carbocycles. The molecule has 0 spiro atoms. The lowest BCUT2D eigenvalue weighted by molar-refractivity contribution is 0.438. The van der Waals surface area contributed by atoms with E-state index in [0.717, 1.165) is 5.92 Å². The lowest BCUT2D eigenvalue weighted by Crippen LogP contribution is -2.32. The van der Waals surface area contributed by atoms with Gasteiger partial charge in [0.05, 0.1) is 0 Å². The molecule has 1 aromatic rings. The van der Waals surface area contributed by atoms with E-state index in [1.165, 1.54) is 31.6 Å². The minimum absolute atomic E-state index is 0.917. The summed E-state index contributed by atoms with van der Waals surface area (Å²) in [7, 11) is 0. The summed E-state index contributed by atoms with van der Waals surface area (Å²) in [5.41, 5.74) is 1.38. The molecule has 1 aliphatic rings. The van der Waals surface area contributed by atoms with Crippen molar-refractivity contribution in [3.8, 4) is 0 Å². The van der Waals surface area contributed by atoms with E-state index in [1.54, 1.807) is 0 Å².